The van der Waals surface area contributed by atoms with E-state index in [0.29, 0.717) is 18.6 Å². The summed E-state index contributed by atoms with van der Waals surface area (Å²) in [5, 5.41) is 8.53. The first kappa shape index (κ1) is 20.4. The number of piperidine rings is 2. The van der Waals surface area contributed by atoms with Gasteiger partial charge in [-0.1, -0.05) is 6.42 Å². The summed E-state index contributed by atoms with van der Waals surface area (Å²) in [5.41, 5.74) is 2.35. The third-order valence-electron chi connectivity index (χ3n) is 6.61. The minimum atomic E-state index is 0.0688. The van der Waals surface area contributed by atoms with Gasteiger partial charge in [0.05, 0.1) is 12.2 Å². The van der Waals surface area contributed by atoms with E-state index in [1.54, 1.807) is 4.68 Å². The summed E-state index contributed by atoms with van der Waals surface area (Å²) in [6.45, 7) is 6.29. The molecule has 1 aromatic heterocycles. The van der Waals surface area contributed by atoms with E-state index < -0.39 is 0 Å². The Bertz CT molecular complexity index is 701. The molecule has 156 valence electrons. The Balaban J connectivity index is 1.32. The van der Waals surface area contributed by atoms with Gasteiger partial charge in [-0.3, -0.25) is 9.69 Å². The van der Waals surface area contributed by atoms with Crippen LogP contribution >= 0.6 is 11.8 Å². The monoisotopic (exact) mass is 405 g/mol. The second-order valence-electron chi connectivity index (χ2n) is 8.65. The Morgan fingerprint density at radius 2 is 2.04 bits per heavy atom. The van der Waals surface area contributed by atoms with Gasteiger partial charge in [0.15, 0.2) is 0 Å². The van der Waals surface area contributed by atoms with Crippen LogP contribution in [-0.2, 0) is 18.7 Å². The lowest BCUT2D eigenvalue weighted by molar-refractivity contribution is 0.130. The third kappa shape index (κ3) is 5.17. The van der Waals surface area contributed by atoms with E-state index in [9.17, 15) is 4.79 Å². The standard InChI is InChI=1S/C21H35N5OS/c1-24-9-5-18(6-10-24)22-15-19-4-2-3-8-25(19)11-12-26-21(27)14-17-16-28-13-7-20(17)23-26/h14,18-19,22H,2-13,15-16H2,1H3. The van der Waals surface area contributed by atoms with E-state index in [1.807, 2.05) is 17.8 Å². The minimum Gasteiger partial charge on any atom is -0.312 e. The molecule has 1 atom stereocenters. The normalized spacial score (nSPS) is 25.0. The maximum Gasteiger partial charge on any atom is 0.267 e. The van der Waals surface area contributed by atoms with Crippen LogP contribution in [0.1, 0.15) is 43.4 Å². The lowest BCUT2D eigenvalue weighted by Gasteiger charge is -2.38. The molecule has 3 aliphatic heterocycles. The number of likely N-dealkylation sites (tertiary alicyclic amines) is 2. The number of hydrogen-bond donors (Lipinski definition) is 1. The van der Waals surface area contributed by atoms with Gasteiger partial charge in [-0.2, -0.15) is 16.9 Å². The fourth-order valence-electron chi connectivity index (χ4n) is 4.74. The number of aromatic nitrogens is 2. The van der Waals surface area contributed by atoms with Crippen LogP contribution in [0.3, 0.4) is 0 Å². The number of nitrogens with zero attached hydrogens (tertiary/aromatic N) is 4. The van der Waals surface area contributed by atoms with Crippen molar-refractivity contribution in [1.82, 2.24) is 24.9 Å². The lowest BCUT2D eigenvalue weighted by atomic mass is 10.0. The van der Waals surface area contributed by atoms with Crippen LogP contribution in [0.2, 0.25) is 0 Å². The summed E-state index contributed by atoms with van der Waals surface area (Å²) in [4.78, 5) is 17.5. The second kappa shape index (κ2) is 9.74. The largest absolute Gasteiger partial charge is 0.312 e. The SMILES string of the molecule is CN1CCC(NCC2CCCCN2CCn2nc3c(cc2=O)CSCC3)CC1. The second-order valence-corrected chi connectivity index (χ2v) is 9.76. The zero-order valence-corrected chi connectivity index (χ0v) is 18.1. The van der Waals surface area contributed by atoms with Gasteiger partial charge in [-0.15, -0.1) is 0 Å². The summed E-state index contributed by atoms with van der Waals surface area (Å²) in [5.74, 6) is 2.06. The van der Waals surface area contributed by atoms with E-state index >= 15 is 0 Å². The molecule has 1 N–H and O–H groups in total. The van der Waals surface area contributed by atoms with Crippen LogP contribution in [0.5, 0.6) is 0 Å². The first-order valence-corrected chi connectivity index (χ1v) is 12.2. The van der Waals surface area contributed by atoms with Crippen LogP contribution < -0.4 is 10.9 Å². The minimum absolute atomic E-state index is 0.0688. The quantitative estimate of drug-likeness (QED) is 0.775. The summed E-state index contributed by atoms with van der Waals surface area (Å²) < 4.78 is 1.71. The molecule has 4 rings (SSSR count). The number of aryl methyl sites for hydroxylation is 1. The average molecular weight is 406 g/mol. The van der Waals surface area contributed by atoms with Crippen molar-refractivity contribution in [2.75, 3.05) is 45.5 Å². The molecule has 28 heavy (non-hydrogen) atoms. The Morgan fingerprint density at radius 1 is 1.18 bits per heavy atom. The van der Waals surface area contributed by atoms with Crippen LogP contribution in [0.15, 0.2) is 10.9 Å². The topological polar surface area (TPSA) is 53.4 Å². The third-order valence-corrected chi connectivity index (χ3v) is 7.62. The highest BCUT2D eigenvalue weighted by Gasteiger charge is 2.24. The summed E-state index contributed by atoms with van der Waals surface area (Å²) in [7, 11) is 2.22. The van der Waals surface area contributed by atoms with Crippen molar-refractivity contribution in [3.63, 3.8) is 0 Å². The molecular weight excluding hydrogens is 370 g/mol. The number of nitrogens with one attached hydrogen (secondary N) is 1. The van der Waals surface area contributed by atoms with Gasteiger partial charge in [0.2, 0.25) is 0 Å². The Hall–Kier alpha value is -0.890. The fourth-order valence-corrected chi connectivity index (χ4v) is 5.69. The molecule has 1 unspecified atom stereocenters. The average Bonchev–Trinajstić information content (AvgIpc) is 2.72. The zero-order valence-electron chi connectivity index (χ0n) is 17.2. The highest BCUT2D eigenvalue weighted by molar-refractivity contribution is 7.98. The van der Waals surface area contributed by atoms with Gasteiger partial charge in [-0.05, 0) is 63.7 Å². The molecule has 2 saturated heterocycles. The van der Waals surface area contributed by atoms with Gasteiger partial charge >= 0.3 is 0 Å². The molecule has 2 fully saturated rings. The van der Waals surface area contributed by atoms with Gasteiger partial charge < -0.3 is 10.2 Å². The number of thioether (sulfide) groups is 1. The highest BCUT2D eigenvalue weighted by Crippen LogP contribution is 2.21. The summed E-state index contributed by atoms with van der Waals surface area (Å²) in [6, 6.07) is 3.09. The first-order chi connectivity index (χ1) is 13.7. The van der Waals surface area contributed by atoms with Gasteiger partial charge in [0.25, 0.3) is 5.56 Å². The molecule has 0 saturated carbocycles. The van der Waals surface area contributed by atoms with E-state index in [2.05, 4.69) is 22.2 Å². The van der Waals surface area contributed by atoms with Crippen molar-refractivity contribution in [1.29, 1.82) is 0 Å². The van der Waals surface area contributed by atoms with Gasteiger partial charge in [0.1, 0.15) is 0 Å². The molecule has 0 spiro atoms. The van der Waals surface area contributed by atoms with Crippen molar-refractivity contribution in [3.8, 4) is 0 Å². The Labute approximate surface area is 173 Å². The smallest absolute Gasteiger partial charge is 0.267 e. The molecule has 0 aliphatic carbocycles. The Kier molecular flexibility index (Phi) is 7.09. The van der Waals surface area contributed by atoms with Crippen molar-refractivity contribution in [2.45, 2.75) is 62.9 Å². The molecule has 7 heteroatoms. The molecule has 3 aliphatic rings. The fraction of sp³-hybridized carbons (Fsp3) is 0.810. The number of hydrogen-bond acceptors (Lipinski definition) is 6. The van der Waals surface area contributed by atoms with Crippen molar-refractivity contribution in [3.05, 3.63) is 27.7 Å². The van der Waals surface area contributed by atoms with Crippen LogP contribution in [0, 0.1) is 0 Å². The van der Waals surface area contributed by atoms with Gasteiger partial charge in [-0.25, -0.2) is 4.68 Å². The Morgan fingerprint density at radius 3 is 2.89 bits per heavy atom. The molecule has 6 nitrogen and oxygen atoms in total. The van der Waals surface area contributed by atoms with E-state index in [1.165, 1.54) is 45.2 Å². The molecular formula is C21H35N5OS. The molecule has 0 bridgehead atoms. The zero-order chi connectivity index (χ0) is 19.3. The lowest BCUT2D eigenvalue weighted by Crippen LogP contribution is -2.50. The maximum absolute atomic E-state index is 12.5. The highest BCUT2D eigenvalue weighted by atomic mass is 32.2. The van der Waals surface area contributed by atoms with Crippen LogP contribution in [0.25, 0.3) is 0 Å². The number of fused-ring (bicyclic) bond motifs is 1. The number of rotatable bonds is 6. The van der Waals surface area contributed by atoms with Crippen LogP contribution in [-0.4, -0.2) is 77.2 Å². The molecule has 0 amide bonds. The van der Waals surface area contributed by atoms with Crippen molar-refractivity contribution >= 4 is 11.8 Å². The van der Waals surface area contributed by atoms with Crippen molar-refractivity contribution < 1.29 is 0 Å². The van der Waals surface area contributed by atoms with E-state index in [4.69, 9.17) is 5.10 Å². The van der Waals surface area contributed by atoms with E-state index in [-0.39, 0.29) is 5.56 Å². The van der Waals surface area contributed by atoms with Crippen molar-refractivity contribution in [2.24, 2.45) is 0 Å². The first-order valence-electron chi connectivity index (χ1n) is 11.0. The molecule has 0 aromatic carbocycles. The predicted molar refractivity (Wildman–Crippen MR) is 116 cm³/mol. The van der Waals surface area contributed by atoms with Crippen LogP contribution in [0.4, 0.5) is 0 Å². The van der Waals surface area contributed by atoms with E-state index in [0.717, 1.165) is 48.8 Å². The molecule has 0 radical (unpaired) electrons. The predicted octanol–water partition coefficient (Wildman–Crippen LogP) is 1.57. The summed E-state index contributed by atoms with van der Waals surface area (Å²) >= 11 is 1.90. The molecule has 4 heterocycles. The summed E-state index contributed by atoms with van der Waals surface area (Å²) in [6.07, 6.45) is 7.38. The maximum atomic E-state index is 12.5. The van der Waals surface area contributed by atoms with Gasteiger partial charge in [0, 0.05) is 43.4 Å². The molecule has 1 aromatic rings.